The number of nitrogens with one attached hydrogen (secondary N) is 2. The van der Waals surface area contributed by atoms with Crippen LogP contribution in [-0.4, -0.2) is 71.9 Å². The lowest BCUT2D eigenvalue weighted by atomic mass is 9.82. The molecule has 4 amide bonds. The van der Waals surface area contributed by atoms with E-state index in [1.165, 1.54) is 0 Å². The number of ether oxygens (including phenoxy) is 2. The number of hydrogen-bond donors (Lipinski definition) is 2. The Morgan fingerprint density at radius 1 is 1.11 bits per heavy atom. The van der Waals surface area contributed by atoms with E-state index in [-0.39, 0.29) is 30.6 Å². The molecule has 1 saturated carbocycles. The van der Waals surface area contributed by atoms with Crippen molar-refractivity contribution in [2.45, 2.75) is 75.7 Å². The van der Waals surface area contributed by atoms with Gasteiger partial charge in [-0.25, -0.2) is 4.79 Å². The lowest BCUT2D eigenvalue weighted by molar-refractivity contribution is -0.140. The highest BCUT2D eigenvalue weighted by molar-refractivity contribution is 6.08. The molecule has 0 aromatic carbocycles. The highest BCUT2D eigenvalue weighted by atomic mass is 16.7. The lowest BCUT2D eigenvalue weighted by Crippen LogP contribution is -2.52. The Morgan fingerprint density at radius 3 is 2.61 bits per heavy atom. The summed E-state index contributed by atoms with van der Waals surface area (Å²) in [5.74, 6) is -0.650. The van der Waals surface area contributed by atoms with Crippen LogP contribution in [-0.2, 0) is 19.1 Å². The summed E-state index contributed by atoms with van der Waals surface area (Å²) in [6.07, 6.45) is 7.37. The maximum absolute atomic E-state index is 12.7. The SMILES string of the molecule is O=C(CCN1CCCCC1C1OCCO1)NN1C(=O)NC2(CCCCC2)C1=O. The zero-order chi connectivity index (χ0) is 19.6. The lowest BCUT2D eigenvalue weighted by Gasteiger charge is -2.37. The fourth-order valence-corrected chi connectivity index (χ4v) is 4.84. The molecule has 0 aromatic heterocycles. The molecule has 1 atom stereocenters. The maximum Gasteiger partial charge on any atom is 0.344 e. The minimum Gasteiger partial charge on any atom is -0.349 e. The van der Waals surface area contributed by atoms with Gasteiger partial charge in [0.2, 0.25) is 5.91 Å². The molecule has 1 aliphatic carbocycles. The molecular weight excluding hydrogens is 364 g/mol. The highest BCUT2D eigenvalue weighted by Crippen LogP contribution is 2.33. The normalized spacial score (nSPS) is 28.7. The number of nitrogens with zero attached hydrogens (tertiary/aromatic N) is 2. The van der Waals surface area contributed by atoms with E-state index < -0.39 is 11.6 Å². The number of amides is 4. The maximum atomic E-state index is 12.7. The Hall–Kier alpha value is -1.71. The van der Waals surface area contributed by atoms with E-state index >= 15 is 0 Å². The molecule has 3 heterocycles. The Kier molecular flexibility index (Phi) is 5.84. The summed E-state index contributed by atoms with van der Waals surface area (Å²) in [6, 6.07) is -0.366. The predicted octanol–water partition coefficient (Wildman–Crippen LogP) is 0.890. The molecule has 4 fully saturated rings. The summed E-state index contributed by atoms with van der Waals surface area (Å²) in [5.41, 5.74) is 1.70. The van der Waals surface area contributed by atoms with Gasteiger partial charge in [-0.15, -0.1) is 0 Å². The van der Waals surface area contributed by atoms with Crippen LogP contribution in [0.15, 0.2) is 0 Å². The predicted molar refractivity (Wildman–Crippen MR) is 98.9 cm³/mol. The summed E-state index contributed by atoms with van der Waals surface area (Å²) in [7, 11) is 0. The van der Waals surface area contributed by atoms with Gasteiger partial charge >= 0.3 is 6.03 Å². The number of hydrogen-bond acceptors (Lipinski definition) is 6. The molecule has 9 nitrogen and oxygen atoms in total. The molecule has 0 aromatic rings. The van der Waals surface area contributed by atoms with Crippen LogP contribution in [0.1, 0.15) is 57.8 Å². The van der Waals surface area contributed by atoms with Crippen LogP contribution in [0.2, 0.25) is 0 Å². The fraction of sp³-hybridized carbons (Fsp3) is 0.842. The van der Waals surface area contributed by atoms with Crippen molar-refractivity contribution in [2.75, 3.05) is 26.3 Å². The third kappa shape index (κ3) is 3.88. The van der Waals surface area contributed by atoms with E-state index in [0.717, 1.165) is 50.1 Å². The zero-order valence-electron chi connectivity index (χ0n) is 16.3. The van der Waals surface area contributed by atoms with Gasteiger partial charge in [0.15, 0.2) is 6.29 Å². The molecule has 9 heteroatoms. The zero-order valence-corrected chi connectivity index (χ0v) is 16.3. The second-order valence-corrected chi connectivity index (χ2v) is 8.21. The number of rotatable bonds is 5. The first-order valence-corrected chi connectivity index (χ1v) is 10.5. The first-order valence-electron chi connectivity index (χ1n) is 10.5. The second kappa shape index (κ2) is 8.34. The van der Waals surface area contributed by atoms with Crippen molar-refractivity contribution >= 4 is 17.8 Å². The van der Waals surface area contributed by atoms with E-state index in [1.807, 2.05) is 0 Å². The Bertz CT molecular complexity index is 615. The number of hydrazine groups is 1. The van der Waals surface area contributed by atoms with E-state index in [4.69, 9.17) is 9.47 Å². The molecule has 1 unspecified atom stereocenters. The second-order valence-electron chi connectivity index (χ2n) is 8.21. The number of likely N-dealkylation sites (tertiary alicyclic amines) is 1. The first-order chi connectivity index (χ1) is 13.6. The number of carbonyl (C=O) groups excluding carboxylic acids is 3. The molecule has 156 valence electrons. The van der Waals surface area contributed by atoms with Crippen molar-refractivity contribution in [2.24, 2.45) is 0 Å². The molecule has 1 spiro atoms. The Morgan fingerprint density at radius 2 is 1.86 bits per heavy atom. The van der Waals surface area contributed by atoms with Crippen LogP contribution in [0, 0.1) is 0 Å². The number of piperidine rings is 1. The molecule has 4 rings (SSSR count). The van der Waals surface area contributed by atoms with Crippen molar-refractivity contribution in [3.8, 4) is 0 Å². The van der Waals surface area contributed by atoms with Crippen molar-refractivity contribution in [3.05, 3.63) is 0 Å². The number of urea groups is 1. The minimum atomic E-state index is -0.822. The van der Waals surface area contributed by atoms with Gasteiger partial charge in [-0.05, 0) is 32.2 Å². The van der Waals surface area contributed by atoms with Crippen LogP contribution < -0.4 is 10.7 Å². The number of carbonyl (C=O) groups is 3. The van der Waals surface area contributed by atoms with Gasteiger partial charge < -0.3 is 14.8 Å². The van der Waals surface area contributed by atoms with Crippen LogP contribution in [0.5, 0.6) is 0 Å². The van der Waals surface area contributed by atoms with E-state index in [9.17, 15) is 14.4 Å². The largest absolute Gasteiger partial charge is 0.349 e. The average molecular weight is 394 g/mol. The third-order valence-electron chi connectivity index (χ3n) is 6.36. The Balaban J connectivity index is 1.30. The highest BCUT2D eigenvalue weighted by Gasteiger charge is 2.52. The quantitative estimate of drug-likeness (QED) is 0.672. The number of imide groups is 1. The van der Waals surface area contributed by atoms with Crippen LogP contribution in [0.3, 0.4) is 0 Å². The molecule has 4 aliphatic rings. The Labute approximate surface area is 165 Å². The standard InChI is InChI=1S/C19H30N4O5/c24-15(7-11-22-10-5-2-6-14(22)16-27-12-13-28-16)21-23-17(25)19(20-18(23)26)8-3-1-4-9-19/h14,16H,1-13H2,(H,20,26)(H,21,24). The van der Waals surface area contributed by atoms with Crippen LogP contribution >= 0.6 is 0 Å². The van der Waals surface area contributed by atoms with Gasteiger partial charge in [0.25, 0.3) is 5.91 Å². The summed E-state index contributed by atoms with van der Waals surface area (Å²) >= 11 is 0. The van der Waals surface area contributed by atoms with Crippen LogP contribution in [0.25, 0.3) is 0 Å². The summed E-state index contributed by atoms with van der Waals surface area (Å²) in [4.78, 5) is 39.7. The molecule has 0 bridgehead atoms. The summed E-state index contributed by atoms with van der Waals surface area (Å²) in [5, 5.41) is 3.68. The van der Waals surface area contributed by atoms with Gasteiger partial charge in [0.1, 0.15) is 5.54 Å². The summed E-state index contributed by atoms with van der Waals surface area (Å²) < 4.78 is 11.3. The van der Waals surface area contributed by atoms with Crippen LogP contribution in [0.4, 0.5) is 4.79 Å². The molecule has 28 heavy (non-hydrogen) atoms. The topological polar surface area (TPSA) is 100 Å². The smallest absolute Gasteiger partial charge is 0.344 e. The molecule has 0 radical (unpaired) electrons. The molecule has 3 aliphatic heterocycles. The van der Waals surface area contributed by atoms with Gasteiger partial charge in [-0.2, -0.15) is 5.01 Å². The monoisotopic (exact) mass is 394 g/mol. The minimum absolute atomic E-state index is 0.159. The van der Waals surface area contributed by atoms with Crippen molar-refractivity contribution in [1.29, 1.82) is 0 Å². The van der Waals surface area contributed by atoms with Gasteiger partial charge in [-0.3, -0.25) is 19.9 Å². The fourth-order valence-electron chi connectivity index (χ4n) is 4.84. The average Bonchev–Trinajstić information content (AvgIpc) is 3.31. The molecule has 2 N–H and O–H groups in total. The summed E-state index contributed by atoms with van der Waals surface area (Å²) in [6.45, 7) is 2.68. The van der Waals surface area contributed by atoms with Gasteiger partial charge in [0.05, 0.1) is 19.3 Å². The van der Waals surface area contributed by atoms with Crippen molar-refractivity contribution in [3.63, 3.8) is 0 Å². The van der Waals surface area contributed by atoms with E-state index in [1.54, 1.807) is 0 Å². The van der Waals surface area contributed by atoms with E-state index in [0.29, 0.717) is 32.6 Å². The molecule has 3 saturated heterocycles. The van der Waals surface area contributed by atoms with Crippen molar-refractivity contribution < 1.29 is 23.9 Å². The van der Waals surface area contributed by atoms with Gasteiger partial charge in [0, 0.05) is 13.0 Å². The van der Waals surface area contributed by atoms with E-state index in [2.05, 4.69) is 15.6 Å². The third-order valence-corrected chi connectivity index (χ3v) is 6.36. The first kappa shape index (κ1) is 19.6. The van der Waals surface area contributed by atoms with Gasteiger partial charge in [-0.1, -0.05) is 25.7 Å². The van der Waals surface area contributed by atoms with Crippen molar-refractivity contribution in [1.82, 2.24) is 20.7 Å². The molecular formula is C19H30N4O5.